The molecule has 0 bridgehead atoms. The number of hydrogen-bond acceptors (Lipinski definition) is 6. The number of esters is 3. The first-order valence-corrected chi connectivity index (χ1v) is 28.0. The zero-order valence-corrected chi connectivity index (χ0v) is 45.2. The van der Waals surface area contributed by atoms with E-state index in [0.29, 0.717) is 19.3 Å². The number of ether oxygens (including phenoxy) is 3. The minimum atomic E-state index is -0.850. The summed E-state index contributed by atoms with van der Waals surface area (Å²) in [6.45, 7) is 6.32. The van der Waals surface area contributed by atoms with Gasteiger partial charge in [0, 0.05) is 19.3 Å². The van der Waals surface area contributed by atoms with Crippen LogP contribution in [0.15, 0.2) is 158 Å². The van der Waals surface area contributed by atoms with Gasteiger partial charge in [0.1, 0.15) is 13.2 Å². The molecule has 0 amide bonds. The monoisotopic (exact) mass is 977 g/mol. The van der Waals surface area contributed by atoms with Crippen LogP contribution in [0.1, 0.15) is 213 Å². The first-order valence-electron chi connectivity index (χ1n) is 28.0. The minimum absolute atomic E-state index is 0.142. The maximum absolute atomic E-state index is 12.8. The van der Waals surface area contributed by atoms with Crippen LogP contribution in [0, 0.1) is 0 Å². The van der Waals surface area contributed by atoms with Crippen molar-refractivity contribution in [3.05, 3.63) is 158 Å². The fourth-order valence-electron chi connectivity index (χ4n) is 6.81. The summed E-state index contributed by atoms with van der Waals surface area (Å²) >= 11 is 0. The molecule has 0 rings (SSSR count). The van der Waals surface area contributed by atoms with Crippen LogP contribution in [-0.4, -0.2) is 37.2 Å². The van der Waals surface area contributed by atoms with Gasteiger partial charge in [0.25, 0.3) is 0 Å². The first kappa shape index (κ1) is 66.0. The molecule has 0 unspecified atom stereocenters. The van der Waals surface area contributed by atoms with Crippen LogP contribution in [0.5, 0.6) is 0 Å². The number of unbranched alkanes of at least 4 members (excludes halogenated alkanes) is 11. The van der Waals surface area contributed by atoms with Crippen molar-refractivity contribution in [3.63, 3.8) is 0 Å². The Morgan fingerprint density at radius 3 is 0.944 bits per heavy atom. The molecule has 0 aromatic carbocycles. The van der Waals surface area contributed by atoms with Crippen molar-refractivity contribution in [1.29, 1.82) is 0 Å². The lowest BCUT2D eigenvalue weighted by Crippen LogP contribution is -2.30. The molecule has 0 saturated carbocycles. The molecule has 6 heteroatoms. The lowest BCUT2D eigenvalue weighted by molar-refractivity contribution is -0.166. The highest BCUT2D eigenvalue weighted by molar-refractivity contribution is 5.71. The molecule has 0 aromatic rings. The number of hydrogen-bond donors (Lipinski definition) is 0. The van der Waals surface area contributed by atoms with Crippen LogP contribution in [0.2, 0.25) is 0 Å². The van der Waals surface area contributed by atoms with E-state index in [1.807, 2.05) is 12.2 Å². The smallest absolute Gasteiger partial charge is 0.306 e. The molecule has 0 saturated heterocycles. The Morgan fingerprint density at radius 2 is 0.577 bits per heavy atom. The average Bonchev–Trinajstić information content (AvgIpc) is 3.37. The molecule has 0 spiro atoms. The van der Waals surface area contributed by atoms with Crippen LogP contribution < -0.4 is 0 Å². The third-order valence-electron chi connectivity index (χ3n) is 11.0. The van der Waals surface area contributed by atoms with Gasteiger partial charge in [-0.2, -0.15) is 0 Å². The van der Waals surface area contributed by atoms with Crippen molar-refractivity contribution in [2.45, 2.75) is 219 Å². The van der Waals surface area contributed by atoms with Gasteiger partial charge in [-0.1, -0.05) is 211 Å². The molecule has 1 atom stereocenters. The third-order valence-corrected chi connectivity index (χ3v) is 11.0. The minimum Gasteiger partial charge on any atom is -0.462 e. The van der Waals surface area contributed by atoms with E-state index in [1.54, 1.807) is 0 Å². The van der Waals surface area contributed by atoms with Crippen molar-refractivity contribution >= 4 is 17.9 Å². The normalized spacial score (nSPS) is 13.3. The van der Waals surface area contributed by atoms with E-state index in [0.717, 1.165) is 103 Å². The Bertz CT molecular complexity index is 1640. The SMILES string of the molecule is CC/C=C\C/C=C\C/C=C\C/C=C\C/C=C\C/C=C\CCC(=O)OC[C@H](COC(=O)CCCC/C=C\C/C=C\C/C=C\CCCCC)OC(=O)CCCCC/C=C\C/C=C\C/C=C\C/C=C\CCCCC. The van der Waals surface area contributed by atoms with Gasteiger partial charge in [-0.05, 0) is 141 Å². The second-order valence-electron chi connectivity index (χ2n) is 17.7. The predicted molar refractivity (Wildman–Crippen MR) is 306 cm³/mol. The standard InChI is InChI=1S/C65H100O6/c1-4-7-10-13-16-19-22-25-28-30-32-34-37-40-43-46-49-52-55-58-64(67)70-61-62(60-69-63(66)57-54-51-48-45-42-39-36-27-24-21-18-15-12-9-6-3)71-65(68)59-56-53-50-47-44-41-38-35-33-31-29-26-23-20-17-14-11-8-5-2/h7,10,16-21,25-29,32-36,40-45,49,52,62H,4-6,8-9,11-15,22-24,30-31,37-39,46-48,50-51,53-61H2,1-3H3/b10-7-,19-16-,20-17-,21-18-,28-25-,29-26-,34-32-,35-33-,36-27-,43-40-,44-41-,45-42-,52-49-/t62-/m0/s1. The van der Waals surface area contributed by atoms with E-state index >= 15 is 0 Å². The predicted octanol–water partition coefficient (Wildman–Crippen LogP) is 19.0. The van der Waals surface area contributed by atoms with Gasteiger partial charge in [0.2, 0.25) is 0 Å². The van der Waals surface area contributed by atoms with E-state index in [2.05, 4.69) is 167 Å². The van der Waals surface area contributed by atoms with Gasteiger partial charge < -0.3 is 14.2 Å². The highest BCUT2D eigenvalue weighted by Gasteiger charge is 2.19. The maximum Gasteiger partial charge on any atom is 0.306 e. The molecule has 0 aliphatic carbocycles. The third kappa shape index (κ3) is 55.8. The van der Waals surface area contributed by atoms with Gasteiger partial charge in [-0.3, -0.25) is 14.4 Å². The van der Waals surface area contributed by atoms with E-state index in [-0.39, 0.29) is 50.4 Å². The number of carbonyl (C=O) groups excluding carboxylic acids is 3. The fourth-order valence-corrected chi connectivity index (χ4v) is 6.81. The second-order valence-corrected chi connectivity index (χ2v) is 17.7. The molecule has 0 aromatic heterocycles. The van der Waals surface area contributed by atoms with Crippen LogP contribution in [-0.2, 0) is 28.6 Å². The molecule has 6 nitrogen and oxygen atoms in total. The molecule has 0 aliphatic rings. The van der Waals surface area contributed by atoms with E-state index in [9.17, 15) is 14.4 Å². The Morgan fingerprint density at radius 1 is 0.296 bits per heavy atom. The summed E-state index contributed by atoms with van der Waals surface area (Å²) in [6.07, 6.45) is 83.8. The van der Waals surface area contributed by atoms with Gasteiger partial charge >= 0.3 is 17.9 Å². The molecule has 71 heavy (non-hydrogen) atoms. The molecular formula is C65H100O6. The summed E-state index contributed by atoms with van der Waals surface area (Å²) in [6, 6.07) is 0. The summed E-state index contributed by atoms with van der Waals surface area (Å²) in [5, 5.41) is 0. The quantitative estimate of drug-likeness (QED) is 0.0262. The van der Waals surface area contributed by atoms with Crippen molar-refractivity contribution in [2.24, 2.45) is 0 Å². The number of carbonyl (C=O) groups is 3. The zero-order valence-electron chi connectivity index (χ0n) is 45.2. The van der Waals surface area contributed by atoms with Crippen molar-refractivity contribution in [2.75, 3.05) is 13.2 Å². The van der Waals surface area contributed by atoms with Crippen molar-refractivity contribution in [1.82, 2.24) is 0 Å². The van der Waals surface area contributed by atoms with Crippen molar-refractivity contribution in [3.8, 4) is 0 Å². The Labute approximate surface area is 435 Å². The Balaban J connectivity index is 4.66. The molecule has 0 fully saturated rings. The van der Waals surface area contributed by atoms with Crippen LogP contribution in [0.25, 0.3) is 0 Å². The summed E-state index contributed by atoms with van der Waals surface area (Å²) < 4.78 is 16.7. The highest BCUT2D eigenvalue weighted by Crippen LogP contribution is 2.10. The number of allylic oxidation sites excluding steroid dienone is 26. The zero-order chi connectivity index (χ0) is 51.4. The van der Waals surface area contributed by atoms with Crippen LogP contribution in [0.4, 0.5) is 0 Å². The highest BCUT2D eigenvalue weighted by atomic mass is 16.6. The van der Waals surface area contributed by atoms with Gasteiger partial charge in [0.15, 0.2) is 6.10 Å². The van der Waals surface area contributed by atoms with Crippen LogP contribution >= 0.6 is 0 Å². The van der Waals surface area contributed by atoms with E-state index in [4.69, 9.17) is 14.2 Å². The summed E-state index contributed by atoms with van der Waals surface area (Å²) in [5.41, 5.74) is 0. The van der Waals surface area contributed by atoms with Gasteiger partial charge in [-0.25, -0.2) is 0 Å². The summed E-state index contributed by atoms with van der Waals surface area (Å²) in [4.78, 5) is 38.1. The molecule has 0 N–H and O–H groups in total. The van der Waals surface area contributed by atoms with Gasteiger partial charge in [0.05, 0.1) is 0 Å². The lowest BCUT2D eigenvalue weighted by Gasteiger charge is -2.18. The Kier molecular flexibility index (Phi) is 53.6. The van der Waals surface area contributed by atoms with Crippen LogP contribution in [0.3, 0.4) is 0 Å². The van der Waals surface area contributed by atoms with Crippen molar-refractivity contribution < 1.29 is 28.6 Å². The topological polar surface area (TPSA) is 78.9 Å². The van der Waals surface area contributed by atoms with Gasteiger partial charge in [-0.15, -0.1) is 0 Å². The van der Waals surface area contributed by atoms with E-state index in [1.165, 1.54) is 51.4 Å². The largest absolute Gasteiger partial charge is 0.462 e. The average molecular weight is 978 g/mol. The lowest BCUT2D eigenvalue weighted by atomic mass is 10.1. The van der Waals surface area contributed by atoms with E-state index < -0.39 is 6.10 Å². The molecular weight excluding hydrogens is 877 g/mol. The summed E-state index contributed by atoms with van der Waals surface area (Å²) in [5.74, 6) is -1.10. The second kappa shape index (κ2) is 57.6. The molecule has 0 radical (unpaired) electrons. The molecule has 396 valence electrons. The number of rotatable bonds is 48. The first-order chi connectivity index (χ1) is 35.0. The Hall–Kier alpha value is -4.97. The molecule has 0 aliphatic heterocycles. The molecule has 0 heterocycles. The maximum atomic E-state index is 12.8. The fraction of sp³-hybridized carbons (Fsp3) is 0.554. The summed E-state index contributed by atoms with van der Waals surface area (Å²) in [7, 11) is 0.